The van der Waals surface area contributed by atoms with Gasteiger partial charge in [-0.2, -0.15) is 0 Å². The van der Waals surface area contributed by atoms with Gasteiger partial charge in [-0.1, -0.05) is 78.9 Å². The van der Waals surface area contributed by atoms with Gasteiger partial charge < -0.3 is 18.6 Å². The molecule has 4 aliphatic heterocycles. The maximum absolute atomic E-state index is 13.6. The Balaban J connectivity index is 0.000000164. The van der Waals surface area contributed by atoms with Crippen LogP contribution in [-0.4, -0.2) is 105 Å². The fourth-order valence-electron chi connectivity index (χ4n) is 8.74. The first-order valence-electron chi connectivity index (χ1n) is 21.5. The molecule has 2 amide bonds. The highest BCUT2D eigenvalue weighted by molar-refractivity contribution is 9.11. The molecule has 0 unspecified atom stereocenters. The number of benzene rings is 4. The minimum Gasteiger partial charge on any atom is -0.497 e. The monoisotopic (exact) mass is 1060 g/mol. The number of halogens is 3. The molecule has 10 rings (SSSR count). The molecular formula is C48H47Br3N10O4. The highest BCUT2D eigenvalue weighted by Gasteiger charge is 2.45. The van der Waals surface area contributed by atoms with Gasteiger partial charge in [-0.15, -0.1) is 0 Å². The van der Waals surface area contributed by atoms with Gasteiger partial charge in [-0.25, -0.2) is 20.0 Å². The van der Waals surface area contributed by atoms with E-state index in [0.717, 1.165) is 39.9 Å². The summed E-state index contributed by atoms with van der Waals surface area (Å²) in [5, 5.41) is 0. The molecule has 0 N–H and O–H groups in total. The van der Waals surface area contributed by atoms with Gasteiger partial charge in [0.25, 0.3) is 11.8 Å². The SMILES string of the molecule is CCN1C(=O)c2c(nc(Br)n2Cc2ccc(OC)c(Br)c2)N2C[C@@H](Cc3ccccc3)N=C12.CCN1C(=O)c2c(nc(Br)n2Cc2ccc(OC)cc2)N2C[C@@H](Cc3ccccc3)N=C12. The number of amides is 2. The number of aromatic nitrogens is 4. The normalized spacial score (nSPS) is 17.2. The van der Waals surface area contributed by atoms with Crippen LogP contribution in [0.3, 0.4) is 0 Å². The van der Waals surface area contributed by atoms with Crippen molar-refractivity contribution in [3.05, 3.63) is 151 Å². The summed E-state index contributed by atoms with van der Waals surface area (Å²) in [4.78, 5) is 54.1. The number of hydrogen-bond donors (Lipinski definition) is 0. The van der Waals surface area contributed by atoms with Gasteiger partial charge >= 0.3 is 0 Å². The zero-order valence-corrected chi connectivity index (χ0v) is 41.1. The van der Waals surface area contributed by atoms with Crippen LogP contribution in [0.25, 0.3) is 0 Å². The lowest BCUT2D eigenvalue weighted by atomic mass is 10.1. The molecule has 2 aromatic heterocycles. The number of methoxy groups -OCH3 is 2. The summed E-state index contributed by atoms with van der Waals surface area (Å²) in [7, 11) is 3.29. The molecule has 0 bridgehead atoms. The summed E-state index contributed by atoms with van der Waals surface area (Å²) in [6, 6.07) is 34.6. The lowest BCUT2D eigenvalue weighted by Crippen LogP contribution is -2.50. The number of carbonyl (C=O) groups excluding carboxylic acids is 2. The number of anilines is 2. The molecule has 0 radical (unpaired) electrons. The summed E-state index contributed by atoms with van der Waals surface area (Å²) in [5.41, 5.74) is 5.73. The van der Waals surface area contributed by atoms with E-state index in [1.807, 2.05) is 102 Å². The van der Waals surface area contributed by atoms with Crippen molar-refractivity contribution in [2.75, 3.05) is 50.2 Å². The summed E-state index contributed by atoms with van der Waals surface area (Å²) >= 11 is 10.7. The summed E-state index contributed by atoms with van der Waals surface area (Å²) in [6.07, 6.45) is 1.65. The van der Waals surface area contributed by atoms with Crippen LogP contribution in [0.1, 0.15) is 57.1 Å². The van der Waals surface area contributed by atoms with Crippen LogP contribution in [0.5, 0.6) is 11.5 Å². The van der Waals surface area contributed by atoms with Gasteiger partial charge in [0.05, 0.1) is 57.0 Å². The van der Waals surface area contributed by atoms with Crippen LogP contribution in [0.4, 0.5) is 11.6 Å². The molecule has 334 valence electrons. The number of guanidine groups is 2. The Labute approximate surface area is 403 Å². The average Bonchev–Trinajstić information content (AvgIpc) is 4.09. The van der Waals surface area contributed by atoms with Crippen LogP contribution in [-0.2, 0) is 25.9 Å². The molecular weight excluding hydrogens is 1020 g/mol. The van der Waals surface area contributed by atoms with Crippen LogP contribution in [0.15, 0.2) is 127 Å². The summed E-state index contributed by atoms with van der Waals surface area (Å²) in [6.45, 7) is 7.48. The Morgan fingerprint density at radius 3 is 1.48 bits per heavy atom. The van der Waals surface area contributed by atoms with Gasteiger partial charge in [0.2, 0.25) is 11.9 Å². The molecule has 4 aromatic carbocycles. The zero-order chi connectivity index (χ0) is 45.4. The van der Waals surface area contributed by atoms with E-state index >= 15 is 0 Å². The minimum absolute atomic E-state index is 0.0652. The fourth-order valence-corrected chi connectivity index (χ4v) is 10.3. The highest BCUT2D eigenvalue weighted by Crippen LogP contribution is 2.37. The summed E-state index contributed by atoms with van der Waals surface area (Å²) in [5.74, 6) is 4.16. The number of carbonyl (C=O) groups is 2. The second kappa shape index (κ2) is 19.0. The predicted octanol–water partition coefficient (Wildman–Crippen LogP) is 8.69. The quantitative estimate of drug-likeness (QED) is 0.119. The van der Waals surface area contributed by atoms with Gasteiger partial charge in [0.1, 0.15) is 11.5 Å². The van der Waals surface area contributed by atoms with Crippen molar-refractivity contribution in [2.24, 2.45) is 9.98 Å². The van der Waals surface area contributed by atoms with Gasteiger partial charge in [0.15, 0.2) is 32.5 Å². The van der Waals surface area contributed by atoms with Crippen LogP contribution in [0, 0.1) is 0 Å². The van der Waals surface area contributed by atoms with Gasteiger partial charge in [-0.3, -0.25) is 29.2 Å². The topological polar surface area (TPSA) is 126 Å². The zero-order valence-electron chi connectivity index (χ0n) is 36.4. The third kappa shape index (κ3) is 8.73. The highest BCUT2D eigenvalue weighted by atomic mass is 79.9. The molecule has 65 heavy (non-hydrogen) atoms. The number of fused-ring (bicyclic) bond motifs is 6. The number of hydrogen-bond acceptors (Lipinski definition) is 10. The Kier molecular flexibility index (Phi) is 13.0. The van der Waals surface area contributed by atoms with Gasteiger partial charge in [0, 0.05) is 13.1 Å². The largest absolute Gasteiger partial charge is 0.497 e. The molecule has 0 saturated carbocycles. The first-order chi connectivity index (χ1) is 31.6. The number of imidazole rings is 2. The fraction of sp³-hybridized carbons (Fsp3) is 0.292. The van der Waals surface area contributed by atoms with Crippen LogP contribution >= 0.6 is 47.8 Å². The molecule has 6 aromatic rings. The molecule has 6 heterocycles. The average molecular weight is 1070 g/mol. The molecule has 2 atom stereocenters. The van der Waals surface area contributed by atoms with Crippen molar-refractivity contribution >= 4 is 83.2 Å². The minimum atomic E-state index is -0.0753. The number of ether oxygens (including phenoxy) is 2. The van der Waals surface area contributed by atoms with E-state index in [-0.39, 0.29) is 23.9 Å². The summed E-state index contributed by atoms with van der Waals surface area (Å²) < 4.78 is 16.6. The van der Waals surface area contributed by atoms with E-state index < -0.39 is 0 Å². The number of rotatable bonds is 12. The predicted molar refractivity (Wildman–Crippen MR) is 263 cm³/mol. The van der Waals surface area contributed by atoms with Crippen molar-refractivity contribution in [1.29, 1.82) is 0 Å². The first-order valence-corrected chi connectivity index (χ1v) is 23.9. The lowest BCUT2D eigenvalue weighted by molar-refractivity contribution is 0.0827. The van der Waals surface area contributed by atoms with Gasteiger partial charge in [-0.05, 0) is 121 Å². The second-order valence-electron chi connectivity index (χ2n) is 16.0. The molecule has 4 aliphatic rings. The number of nitrogens with zero attached hydrogens (tertiary/aromatic N) is 10. The molecule has 0 aliphatic carbocycles. The third-order valence-electron chi connectivity index (χ3n) is 11.9. The first kappa shape index (κ1) is 44.4. The Bertz CT molecular complexity index is 2790. The van der Waals surface area contributed by atoms with E-state index in [1.54, 1.807) is 24.0 Å². The third-order valence-corrected chi connectivity index (χ3v) is 13.7. The Hall–Kier alpha value is -5.78. The van der Waals surface area contributed by atoms with E-state index in [9.17, 15) is 9.59 Å². The molecule has 14 nitrogen and oxygen atoms in total. The van der Waals surface area contributed by atoms with Crippen molar-refractivity contribution in [1.82, 2.24) is 28.9 Å². The molecule has 0 saturated heterocycles. The second-order valence-corrected chi connectivity index (χ2v) is 18.2. The van der Waals surface area contributed by atoms with E-state index in [1.165, 1.54) is 11.1 Å². The van der Waals surface area contributed by atoms with E-state index in [0.29, 0.717) is 83.7 Å². The molecule has 0 fully saturated rings. The Morgan fingerprint density at radius 1 is 0.585 bits per heavy atom. The maximum Gasteiger partial charge on any atom is 0.281 e. The van der Waals surface area contributed by atoms with Crippen molar-refractivity contribution < 1.29 is 19.1 Å². The van der Waals surface area contributed by atoms with Crippen molar-refractivity contribution in [3.63, 3.8) is 0 Å². The van der Waals surface area contributed by atoms with Crippen LogP contribution in [0.2, 0.25) is 0 Å². The Morgan fingerprint density at radius 2 is 1.05 bits per heavy atom. The standard InChI is InChI=1S/C24H23Br2N5O2.C24H24BrN5O2/c1-3-29-22(32)20-21(31-14-17(27-24(29)31)11-15-7-5-4-6-8-15)28-23(26)30(20)13-16-9-10-19(33-2)18(25)12-16;1-3-28-22(31)20-21(27-23(25)29(20)14-17-9-11-19(32-2)12-10-17)30-15-18(26-24(28)30)13-16-7-5-4-6-8-16/h4-10,12,17H,3,11,13-14H2,1-2H3;4-12,18H,3,13-15H2,1-2H3/t17-;18-/m11/s1. The van der Waals surface area contributed by atoms with Crippen LogP contribution < -0.4 is 19.3 Å². The lowest BCUT2D eigenvalue weighted by Gasteiger charge is -2.33. The van der Waals surface area contributed by atoms with E-state index in [2.05, 4.69) is 81.9 Å². The van der Waals surface area contributed by atoms with Crippen molar-refractivity contribution in [2.45, 2.75) is 51.9 Å². The maximum atomic E-state index is 13.6. The van der Waals surface area contributed by atoms with Crippen molar-refractivity contribution in [3.8, 4) is 11.5 Å². The molecule has 0 spiro atoms. The number of aliphatic imine (C=N–C) groups is 2. The van der Waals surface area contributed by atoms with E-state index in [4.69, 9.17) is 29.4 Å². The smallest absolute Gasteiger partial charge is 0.281 e. The molecule has 17 heteroatoms.